The van der Waals surface area contributed by atoms with Crippen molar-refractivity contribution in [3.63, 3.8) is 0 Å². The number of anilines is 1. The molecule has 1 aliphatic heterocycles. The van der Waals surface area contributed by atoms with Crippen LogP contribution in [0.4, 0.5) is 5.82 Å². The SMILES string of the molecule is COCC1CCCN1c1nc2cc(C(=O)O)ccc2nc1-c1ccccc1. The van der Waals surface area contributed by atoms with E-state index in [4.69, 9.17) is 14.7 Å². The lowest BCUT2D eigenvalue weighted by molar-refractivity contribution is 0.0697. The van der Waals surface area contributed by atoms with Crippen LogP contribution in [0.5, 0.6) is 0 Å². The molecule has 0 saturated carbocycles. The first-order valence-corrected chi connectivity index (χ1v) is 9.03. The van der Waals surface area contributed by atoms with E-state index in [0.717, 1.165) is 36.5 Å². The van der Waals surface area contributed by atoms with Crippen molar-refractivity contribution in [1.29, 1.82) is 0 Å². The lowest BCUT2D eigenvalue weighted by Gasteiger charge is -2.27. The zero-order valence-corrected chi connectivity index (χ0v) is 15.1. The van der Waals surface area contributed by atoms with E-state index in [1.165, 1.54) is 0 Å². The van der Waals surface area contributed by atoms with Crippen molar-refractivity contribution in [3.8, 4) is 11.3 Å². The molecule has 27 heavy (non-hydrogen) atoms. The number of aromatic carboxylic acids is 1. The second-order valence-corrected chi connectivity index (χ2v) is 6.72. The fourth-order valence-corrected chi connectivity index (χ4v) is 3.65. The number of aromatic nitrogens is 2. The average molecular weight is 363 g/mol. The van der Waals surface area contributed by atoms with Crippen LogP contribution in [0.2, 0.25) is 0 Å². The maximum atomic E-state index is 11.3. The molecule has 1 aromatic heterocycles. The molecule has 2 aromatic carbocycles. The predicted octanol–water partition coefficient (Wildman–Crippen LogP) is 3.61. The van der Waals surface area contributed by atoms with Crippen molar-refractivity contribution >= 4 is 22.8 Å². The van der Waals surface area contributed by atoms with E-state index in [-0.39, 0.29) is 11.6 Å². The second kappa shape index (κ2) is 7.32. The fourth-order valence-electron chi connectivity index (χ4n) is 3.65. The molecule has 0 bridgehead atoms. The third-order valence-electron chi connectivity index (χ3n) is 4.95. The van der Waals surface area contributed by atoms with Crippen LogP contribution in [-0.4, -0.2) is 47.3 Å². The third-order valence-corrected chi connectivity index (χ3v) is 4.95. The number of fused-ring (bicyclic) bond motifs is 1. The Bertz CT molecular complexity index is 975. The van der Waals surface area contributed by atoms with E-state index in [0.29, 0.717) is 17.6 Å². The van der Waals surface area contributed by atoms with E-state index in [9.17, 15) is 9.90 Å². The van der Waals surface area contributed by atoms with Crippen molar-refractivity contribution in [2.45, 2.75) is 18.9 Å². The van der Waals surface area contributed by atoms with Crippen LogP contribution in [0.25, 0.3) is 22.3 Å². The highest BCUT2D eigenvalue weighted by Gasteiger charge is 2.29. The van der Waals surface area contributed by atoms with Crippen LogP contribution in [0.15, 0.2) is 48.5 Å². The van der Waals surface area contributed by atoms with E-state index in [1.54, 1.807) is 25.3 Å². The molecule has 6 nitrogen and oxygen atoms in total. The zero-order chi connectivity index (χ0) is 18.8. The smallest absolute Gasteiger partial charge is 0.335 e. The first kappa shape index (κ1) is 17.4. The van der Waals surface area contributed by atoms with Gasteiger partial charge in [-0.15, -0.1) is 0 Å². The van der Waals surface area contributed by atoms with Gasteiger partial charge in [-0.3, -0.25) is 0 Å². The number of carboxylic acids is 1. The van der Waals surface area contributed by atoms with Crippen LogP contribution >= 0.6 is 0 Å². The summed E-state index contributed by atoms with van der Waals surface area (Å²) in [7, 11) is 1.71. The van der Waals surface area contributed by atoms with Gasteiger partial charge in [0.05, 0.1) is 29.2 Å². The Kier molecular flexibility index (Phi) is 4.73. The molecule has 1 saturated heterocycles. The van der Waals surface area contributed by atoms with Gasteiger partial charge in [0.1, 0.15) is 5.69 Å². The minimum Gasteiger partial charge on any atom is -0.478 e. The molecule has 0 aliphatic carbocycles. The summed E-state index contributed by atoms with van der Waals surface area (Å²) in [6.07, 6.45) is 2.11. The fraction of sp³-hybridized carbons (Fsp3) is 0.286. The Labute approximate surface area is 157 Å². The van der Waals surface area contributed by atoms with Crippen molar-refractivity contribution in [2.24, 2.45) is 0 Å². The summed E-state index contributed by atoms with van der Waals surface area (Å²) in [5, 5.41) is 9.29. The summed E-state index contributed by atoms with van der Waals surface area (Å²) in [5.74, 6) is -0.179. The molecule has 0 spiro atoms. The highest BCUT2D eigenvalue weighted by molar-refractivity contribution is 5.93. The predicted molar refractivity (Wildman–Crippen MR) is 104 cm³/mol. The van der Waals surface area contributed by atoms with Crippen LogP contribution in [-0.2, 0) is 4.74 Å². The molecule has 138 valence electrons. The number of carboxylic acid groups (broad SMARTS) is 1. The molecule has 0 radical (unpaired) electrons. The number of methoxy groups -OCH3 is 1. The lowest BCUT2D eigenvalue weighted by Crippen LogP contribution is -2.34. The van der Waals surface area contributed by atoms with Crippen LogP contribution in [0.1, 0.15) is 23.2 Å². The van der Waals surface area contributed by atoms with Gasteiger partial charge in [-0.2, -0.15) is 0 Å². The minimum absolute atomic E-state index is 0.213. The van der Waals surface area contributed by atoms with Gasteiger partial charge >= 0.3 is 5.97 Å². The molecular formula is C21H21N3O3. The number of ether oxygens (including phenoxy) is 1. The molecule has 0 amide bonds. The van der Waals surface area contributed by atoms with Crippen molar-refractivity contribution < 1.29 is 14.6 Å². The third kappa shape index (κ3) is 3.36. The number of hydrogen-bond acceptors (Lipinski definition) is 5. The van der Waals surface area contributed by atoms with Crippen LogP contribution in [0.3, 0.4) is 0 Å². The normalized spacial score (nSPS) is 16.8. The van der Waals surface area contributed by atoms with Gasteiger partial charge in [0.2, 0.25) is 0 Å². The Balaban J connectivity index is 1.90. The summed E-state index contributed by atoms with van der Waals surface area (Å²) in [4.78, 5) is 23.3. The number of nitrogens with zero attached hydrogens (tertiary/aromatic N) is 3. The lowest BCUT2D eigenvalue weighted by atomic mass is 10.1. The molecule has 1 unspecified atom stereocenters. The average Bonchev–Trinajstić information content (AvgIpc) is 3.15. The van der Waals surface area contributed by atoms with Gasteiger partial charge in [0.25, 0.3) is 0 Å². The van der Waals surface area contributed by atoms with Gasteiger partial charge in [0.15, 0.2) is 5.82 Å². The molecule has 4 rings (SSSR count). The Morgan fingerprint density at radius 2 is 2.00 bits per heavy atom. The first-order valence-electron chi connectivity index (χ1n) is 9.03. The molecule has 3 aromatic rings. The molecule has 2 heterocycles. The largest absolute Gasteiger partial charge is 0.478 e. The van der Waals surface area contributed by atoms with Gasteiger partial charge in [-0.05, 0) is 31.0 Å². The Hall–Kier alpha value is -2.99. The zero-order valence-electron chi connectivity index (χ0n) is 15.1. The van der Waals surface area contributed by atoms with E-state index < -0.39 is 5.97 Å². The number of hydrogen-bond donors (Lipinski definition) is 1. The summed E-state index contributed by atoms with van der Waals surface area (Å²) in [6.45, 7) is 1.51. The molecule has 1 atom stereocenters. The van der Waals surface area contributed by atoms with Crippen molar-refractivity contribution in [3.05, 3.63) is 54.1 Å². The van der Waals surface area contributed by atoms with Gasteiger partial charge in [-0.25, -0.2) is 14.8 Å². The Morgan fingerprint density at radius 1 is 1.19 bits per heavy atom. The monoisotopic (exact) mass is 363 g/mol. The highest BCUT2D eigenvalue weighted by Crippen LogP contribution is 2.34. The maximum absolute atomic E-state index is 11.3. The van der Waals surface area contributed by atoms with E-state index in [1.807, 2.05) is 30.3 Å². The number of rotatable bonds is 5. The summed E-state index contributed by atoms with van der Waals surface area (Å²) >= 11 is 0. The van der Waals surface area contributed by atoms with E-state index in [2.05, 4.69) is 4.90 Å². The number of carbonyl (C=O) groups is 1. The summed E-state index contributed by atoms with van der Waals surface area (Å²) in [5.41, 5.74) is 3.30. The molecule has 6 heteroatoms. The van der Waals surface area contributed by atoms with Crippen LogP contribution in [0, 0.1) is 0 Å². The van der Waals surface area contributed by atoms with Crippen LogP contribution < -0.4 is 4.90 Å². The second-order valence-electron chi connectivity index (χ2n) is 6.72. The first-order chi connectivity index (χ1) is 13.2. The van der Waals surface area contributed by atoms with E-state index >= 15 is 0 Å². The highest BCUT2D eigenvalue weighted by atomic mass is 16.5. The Morgan fingerprint density at radius 3 is 2.74 bits per heavy atom. The van der Waals surface area contributed by atoms with Gasteiger partial charge in [0, 0.05) is 19.2 Å². The van der Waals surface area contributed by atoms with Crippen molar-refractivity contribution in [1.82, 2.24) is 9.97 Å². The summed E-state index contributed by atoms with van der Waals surface area (Å²) < 4.78 is 5.39. The quantitative estimate of drug-likeness (QED) is 0.746. The maximum Gasteiger partial charge on any atom is 0.335 e. The number of benzene rings is 2. The molecular weight excluding hydrogens is 342 g/mol. The molecule has 1 N–H and O–H groups in total. The van der Waals surface area contributed by atoms with Gasteiger partial charge < -0.3 is 14.7 Å². The topological polar surface area (TPSA) is 75.5 Å². The van der Waals surface area contributed by atoms with Gasteiger partial charge in [-0.1, -0.05) is 30.3 Å². The summed E-state index contributed by atoms with van der Waals surface area (Å²) in [6, 6.07) is 15.1. The molecule has 1 aliphatic rings. The van der Waals surface area contributed by atoms with Crippen molar-refractivity contribution in [2.75, 3.05) is 25.2 Å². The molecule has 1 fully saturated rings. The standard InChI is InChI=1S/C21H21N3O3/c1-27-13-16-8-5-11-24(16)20-19(14-6-3-2-4-7-14)22-17-10-9-15(21(25)26)12-18(17)23-20/h2-4,6-7,9-10,12,16H,5,8,11,13H2,1H3,(H,25,26). The minimum atomic E-state index is -0.967.